The minimum Gasteiger partial charge on any atom is -0.329 e. The Morgan fingerprint density at radius 3 is 2.38 bits per heavy atom. The van der Waals surface area contributed by atoms with E-state index in [1.54, 1.807) is 0 Å². The van der Waals surface area contributed by atoms with Gasteiger partial charge in [0.2, 0.25) is 10.0 Å². The molecule has 0 amide bonds. The predicted octanol–water partition coefficient (Wildman–Crippen LogP) is -0.140. The van der Waals surface area contributed by atoms with E-state index < -0.39 is 14.9 Å². The highest BCUT2D eigenvalue weighted by molar-refractivity contribution is 7.89. The van der Waals surface area contributed by atoms with Crippen LogP contribution in [0.2, 0.25) is 0 Å². The summed E-state index contributed by atoms with van der Waals surface area (Å²) in [6.07, 6.45) is 0. The van der Waals surface area contributed by atoms with Crippen LogP contribution in [0.3, 0.4) is 0 Å². The van der Waals surface area contributed by atoms with Crippen molar-refractivity contribution in [1.82, 2.24) is 9.21 Å². The summed E-state index contributed by atoms with van der Waals surface area (Å²) in [6, 6.07) is 5.43. The molecule has 2 N–H and O–H groups in total. The van der Waals surface area contributed by atoms with Crippen molar-refractivity contribution in [2.75, 3.05) is 39.3 Å². The van der Waals surface area contributed by atoms with Gasteiger partial charge in [-0.05, 0) is 6.07 Å². The normalized spacial score (nSPS) is 17.8. The number of benzene rings is 1. The van der Waals surface area contributed by atoms with E-state index in [9.17, 15) is 18.5 Å². The second-order valence-electron chi connectivity index (χ2n) is 4.76. The molecular weight excluding hydrogens is 296 g/mol. The molecule has 0 atom stereocenters. The zero-order valence-corrected chi connectivity index (χ0v) is 12.3. The zero-order valence-electron chi connectivity index (χ0n) is 11.5. The van der Waals surface area contributed by atoms with Gasteiger partial charge in [-0.25, -0.2) is 8.42 Å². The molecule has 2 rings (SSSR count). The fourth-order valence-corrected chi connectivity index (χ4v) is 3.92. The van der Waals surface area contributed by atoms with Gasteiger partial charge < -0.3 is 5.73 Å². The summed E-state index contributed by atoms with van der Waals surface area (Å²) in [5.41, 5.74) is 5.09. The van der Waals surface area contributed by atoms with Crippen LogP contribution in [0.5, 0.6) is 0 Å². The number of sulfonamides is 1. The molecule has 0 aromatic heterocycles. The van der Waals surface area contributed by atoms with Gasteiger partial charge in [0, 0.05) is 45.3 Å². The minimum absolute atomic E-state index is 0.248. The highest BCUT2D eigenvalue weighted by Crippen LogP contribution is 2.26. The summed E-state index contributed by atoms with van der Waals surface area (Å²) in [5.74, 6) is 0. The number of nitro groups is 1. The second kappa shape index (κ2) is 6.48. The largest absolute Gasteiger partial charge is 0.329 e. The van der Waals surface area contributed by atoms with Crippen LogP contribution in [0.4, 0.5) is 5.69 Å². The Balaban J connectivity index is 2.22. The molecule has 1 aliphatic rings. The lowest BCUT2D eigenvalue weighted by molar-refractivity contribution is -0.387. The molecule has 0 aliphatic carbocycles. The Bertz CT molecular complexity index is 611. The van der Waals surface area contributed by atoms with E-state index >= 15 is 0 Å². The standard InChI is InChI=1S/C12H18N4O4S/c13-5-6-14-7-9-15(10-8-14)21(19,20)12-4-2-1-3-11(12)16(17)18/h1-4H,5-10,13H2. The summed E-state index contributed by atoms with van der Waals surface area (Å²) in [4.78, 5) is 12.1. The van der Waals surface area contributed by atoms with E-state index in [4.69, 9.17) is 5.73 Å². The number of hydrogen-bond donors (Lipinski definition) is 1. The molecule has 1 fully saturated rings. The molecule has 1 saturated heterocycles. The first-order valence-corrected chi connectivity index (χ1v) is 8.07. The van der Waals surface area contributed by atoms with Gasteiger partial charge in [-0.3, -0.25) is 15.0 Å². The van der Waals surface area contributed by atoms with E-state index in [1.807, 2.05) is 0 Å². The van der Waals surface area contributed by atoms with Crippen LogP contribution in [-0.2, 0) is 10.0 Å². The third-order valence-electron chi connectivity index (χ3n) is 3.46. The number of piperazine rings is 1. The van der Waals surface area contributed by atoms with Crippen molar-refractivity contribution < 1.29 is 13.3 Å². The van der Waals surface area contributed by atoms with Gasteiger partial charge in [0.25, 0.3) is 5.69 Å². The number of nitrogens with zero attached hydrogens (tertiary/aromatic N) is 3. The average molecular weight is 314 g/mol. The van der Waals surface area contributed by atoms with Gasteiger partial charge in [-0.2, -0.15) is 4.31 Å². The van der Waals surface area contributed by atoms with Crippen molar-refractivity contribution >= 4 is 15.7 Å². The lowest BCUT2D eigenvalue weighted by Crippen LogP contribution is -2.49. The van der Waals surface area contributed by atoms with Crippen molar-refractivity contribution in [1.29, 1.82) is 0 Å². The first kappa shape index (κ1) is 15.8. The zero-order chi connectivity index (χ0) is 15.5. The first-order chi connectivity index (χ1) is 9.96. The van der Waals surface area contributed by atoms with Crippen LogP contribution >= 0.6 is 0 Å². The Morgan fingerprint density at radius 2 is 1.81 bits per heavy atom. The minimum atomic E-state index is -3.84. The molecular formula is C12H18N4O4S. The maximum atomic E-state index is 12.6. The van der Waals surface area contributed by atoms with Crippen LogP contribution in [0, 0.1) is 10.1 Å². The van der Waals surface area contributed by atoms with Crippen molar-refractivity contribution in [2.24, 2.45) is 5.73 Å². The lowest BCUT2D eigenvalue weighted by Gasteiger charge is -2.33. The van der Waals surface area contributed by atoms with Crippen molar-refractivity contribution in [3.63, 3.8) is 0 Å². The van der Waals surface area contributed by atoms with Crippen molar-refractivity contribution in [3.05, 3.63) is 34.4 Å². The Kier molecular flexibility index (Phi) is 4.88. The van der Waals surface area contributed by atoms with Gasteiger partial charge in [-0.15, -0.1) is 0 Å². The Morgan fingerprint density at radius 1 is 1.19 bits per heavy atom. The van der Waals surface area contributed by atoms with Crippen LogP contribution in [0.1, 0.15) is 0 Å². The van der Waals surface area contributed by atoms with Crippen LogP contribution in [0.15, 0.2) is 29.2 Å². The third kappa shape index (κ3) is 3.38. The van der Waals surface area contributed by atoms with Gasteiger partial charge in [0.1, 0.15) is 0 Å². The molecule has 1 aliphatic heterocycles. The first-order valence-electron chi connectivity index (χ1n) is 6.63. The molecule has 0 unspecified atom stereocenters. The van der Waals surface area contributed by atoms with E-state index in [-0.39, 0.29) is 10.6 Å². The number of rotatable bonds is 5. The van der Waals surface area contributed by atoms with Gasteiger partial charge in [0.15, 0.2) is 4.90 Å². The smallest absolute Gasteiger partial charge is 0.289 e. The number of nitrogens with two attached hydrogens (primary N) is 1. The van der Waals surface area contributed by atoms with Crippen molar-refractivity contribution in [2.45, 2.75) is 4.90 Å². The van der Waals surface area contributed by atoms with E-state index in [0.29, 0.717) is 32.7 Å². The van der Waals surface area contributed by atoms with Gasteiger partial charge in [0.05, 0.1) is 4.92 Å². The Labute approximate surface area is 123 Å². The molecule has 0 saturated carbocycles. The number of nitro benzene ring substituents is 1. The monoisotopic (exact) mass is 314 g/mol. The number of hydrogen-bond acceptors (Lipinski definition) is 6. The molecule has 1 heterocycles. The van der Waals surface area contributed by atoms with E-state index in [0.717, 1.165) is 6.54 Å². The topological polar surface area (TPSA) is 110 Å². The Hall–Kier alpha value is -1.55. The van der Waals surface area contributed by atoms with Gasteiger partial charge in [-0.1, -0.05) is 12.1 Å². The quantitative estimate of drug-likeness (QED) is 0.598. The highest BCUT2D eigenvalue weighted by atomic mass is 32.2. The van der Waals surface area contributed by atoms with Gasteiger partial charge >= 0.3 is 0 Å². The van der Waals surface area contributed by atoms with E-state index in [2.05, 4.69) is 4.90 Å². The third-order valence-corrected chi connectivity index (χ3v) is 5.40. The highest BCUT2D eigenvalue weighted by Gasteiger charge is 2.33. The maximum absolute atomic E-state index is 12.6. The average Bonchev–Trinajstić information content (AvgIpc) is 2.48. The molecule has 0 spiro atoms. The van der Waals surface area contributed by atoms with Crippen molar-refractivity contribution in [3.8, 4) is 0 Å². The molecule has 1 aromatic rings. The second-order valence-corrected chi connectivity index (χ2v) is 6.67. The molecule has 9 heteroatoms. The number of para-hydroxylation sites is 1. The maximum Gasteiger partial charge on any atom is 0.289 e. The fraction of sp³-hybridized carbons (Fsp3) is 0.500. The molecule has 116 valence electrons. The SMILES string of the molecule is NCCN1CCN(S(=O)(=O)c2ccccc2[N+](=O)[O-])CC1. The fourth-order valence-electron chi connectivity index (χ4n) is 2.34. The van der Waals surface area contributed by atoms with Crippen LogP contribution in [0.25, 0.3) is 0 Å². The summed E-state index contributed by atoms with van der Waals surface area (Å²) in [7, 11) is -3.84. The summed E-state index contributed by atoms with van der Waals surface area (Å²) < 4.78 is 26.4. The molecule has 21 heavy (non-hydrogen) atoms. The predicted molar refractivity (Wildman–Crippen MR) is 77.3 cm³/mol. The van der Waals surface area contributed by atoms with E-state index in [1.165, 1.54) is 28.6 Å². The molecule has 0 radical (unpaired) electrons. The molecule has 0 bridgehead atoms. The summed E-state index contributed by atoms with van der Waals surface area (Å²) in [6.45, 7) is 3.03. The molecule has 8 nitrogen and oxygen atoms in total. The summed E-state index contributed by atoms with van der Waals surface area (Å²) >= 11 is 0. The summed E-state index contributed by atoms with van der Waals surface area (Å²) in [5, 5.41) is 11.0. The molecule has 1 aromatic carbocycles. The van der Waals surface area contributed by atoms with Crippen LogP contribution in [-0.4, -0.2) is 61.8 Å². The van der Waals surface area contributed by atoms with Crippen LogP contribution < -0.4 is 5.73 Å². The lowest BCUT2D eigenvalue weighted by atomic mass is 10.3.